The summed E-state index contributed by atoms with van der Waals surface area (Å²) in [6, 6.07) is 2.35. The highest BCUT2D eigenvalue weighted by atomic mass is 35.5. The first-order valence-electron chi connectivity index (χ1n) is 3.12. The maximum Gasteiger partial charge on any atom is 0.146 e. The van der Waals surface area contributed by atoms with Gasteiger partial charge in [-0.3, -0.25) is 0 Å². The van der Waals surface area contributed by atoms with Crippen molar-refractivity contribution in [3.05, 3.63) is 33.9 Å². The number of hydrogen-bond donors (Lipinski definition) is 0. The summed E-state index contributed by atoms with van der Waals surface area (Å²) in [5, 5.41) is 8.11. The number of rotatable bonds is 0. The van der Waals surface area contributed by atoms with Crippen LogP contribution in [0.5, 0.6) is 0 Å². The minimum Gasteiger partial charge on any atom is -0.205 e. The molecule has 0 unspecified atom stereocenters. The molecule has 0 saturated heterocycles. The van der Waals surface area contributed by atoms with E-state index in [0.717, 1.165) is 6.07 Å². The van der Waals surface area contributed by atoms with Crippen LogP contribution in [0.25, 0.3) is 0 Å². The largest absolute Gasteiger partial charge is 0.205 e. The van der Waals surface area contributed by atoms with Gasteiger partial charge in [-0.1, -0.05) is 11.6 Å². The van der Waals surface area contributed by atoms with Gasteiger partial charge in [-0.05, 0) is 13.0 Å². The first kappa shape index (κ1) is 8.95. The van der Waals surface area contributed by atoms with Crippen molar-refractivity contribution in [2.24, 2.45) is 0 Å². The fourth-order valence-corrected chi connectivity index (χ4v) is 1.09. The van der Waals surface area contributed by atoms with Gasteiger partial charge in [-0.25, -0.2) is 8.78 Å². The predicted molar refractivity (Wildman–Crippen MR) is 40.8 cm³/mol. The van der Waals surface area contributed by atoms with Crippen LogP contribution in [0, 0.1) is 29.9 Å². The molecule has 0 aromatic heterocycles. The monoisotopic (exact) mass is 187 g/mol. The van der Waals surface area contributed by atoms with E-state index in [0.29, 0.717) is 0 Å². The van der Waals surface area contributed by atoms with Gasteiger partial charge in [0.15, 0.2) is 0 Å². The zero-order chi connectivity index (χ0) is 9.30. The molecule has 62 valence electrons. The molecule has 0 spiro atoms. The zero-order valence-corrected chi connectivity index (χ0v) is 6.91. The summed E-state index contributed by atoms with van der Waals surface area (Å²) in [6.07, 6.45) is 0. The van der Waals surface area contributed by atoms with Crippen molar-refractivity contribution in [3.8, 4) is 6.07 Å². The van der Waals surface area contributed by atoms with E-state index >= 15 is 0 Å². The second kappa shape index (κ2) is 3.08. The lowest BCUT2D eigenvalue weighted by molar-refractivity contribution is 0.589. The maximum absolute atomic E-state index is 12.9. The van der Waals surface area contributed by atoms with Crippen molar-refractivity contribution in [2.45, 2.75) is 6.92 Å². The Kier molecular flexibility index (Phi) is 2.30. The third-order valence-corrected chi connectivity index (χ3v) is 1.79. The first-order chi connectivity index (χ1) is 5.57. The Hall–Kier alpha value is -1.14. The quantitative estimate of drug-likeness (QED) is 0.573. The summed E-state index contributed by atoms with van der Waals surface area (Å²) < 4.78 is 25.7. The summed E-state index contributed by atoms with van der Waals surface area (Å²) in [4.78, 5) is 0. The van der Waals surface area contributed by atoms with Crippen LogP contribution in [0.1, 0.15) is 11.1 Å². The molecule has 0 aliphatic rings. The number of nitriles is 1. The molecule has 0 aliphatic carbocycles. The van der Waals surface area contributed by atoms with Gasteiger partial charge in [0.25, 0.3) is 0 Å². The van der Waals surface area contributed by atoms with Crippen LogP contribution >= 0.6 is 11.6 Å². The number of halogens is 3. The SMILES string of the molecule is Cc1c(F)c(Cl)cc(F)c1C#N. The van der Waals surface area contributed by atoms with E-state index in [1.807, 2.05) is 0 Å². The minimum atomic E-state index is -0.790. The predicted octanol–water partition coefficient (Wildman–Crippen LogP) is 2.80. The van der Waals surface area contributed by atoms with Crippen LogP contribution in [0.15, 0.2) is 6.07 Å². The molecule has 1 aromatic rings. The van der Waals surface area contributed by atoms with Crippen molar-refractivity contribution in [2.75, 3.05) is 0 Å². The molecule has 1 nitrogen and oxygen atoms in total. The van der Waals surface area contributed by atoms with E-state index in [9.17, 15) is 8.78 Å². The molecule has 0 fully saturated rings. The van der Waals surface area contributed by atoms with Gasteiger partial charge in [-0.15, -0.1) is 0 Å². The lowest BCUT2D eigenvalue weighted by atomic mass is 10.1. The molecule has 0 aliphatic heterocycles. The third-order valence-electron chi connectivity index (χ3n) is 1.52. The van der Waals surface area contributed by atoms with Crippen LogP contribution < -0.4 is 0 Å². The Morgan fingerprint density at radius 3 is 2.58 bits per heavy atom. The molecule has 0 heterocycles. The lowest BCUT2D eigenvalue weighted by Gasteiger charge is -2.01. The highest BCUT2D eigenvalue weighted by molar-refractivity contribution is 6.30. The van der Waals surface area contributed by atoms with Crippen LogP contribution in [0.3, 0.4) is 0 Å². The number of benzene rings is 1. The van der Waals surface area contributed by atoms with Gasteiger partial charge in [0.2, 0.25) is 0 Å². The molecule has 1 rings (SSSR count). The average molecular weight is 188 g/mol. The highest BCUT2D eigenvalue weighted by Crippen LogP contribution is 2.23. The summed E-state index contributed by atoms with van der Waals surface area (Å²) >= 11 is 5.32. The van der Waals surface area contributed by atoms with Crippen molar-refractivity contribution < 1.29 is 8.78 Å². The summed E-state index contributed by atoms with van der Waals surface area (Å²) in [7, 11) is 0. The van der Waals surface area contributed by atoms with E-state index in [4.69, 9.17) is 16.9 Å². The van der Waals surface area contributed by atoms with E-state index in [1.165, 1.54) is 6.92 Å². The van der Waals surface area contributed by atoms with Gasteiger partial charge in [0.1, 0.15) is 17.7 Å². The van der Waals surface area contributed by atoms with Gasteiger partial charge in [0.05, 0.1) is 10.6 Å². The molecular formula is C8H4ClF2N. The number of hydrogen-bond acceptors (Lipinski definition) is 1. The van der Waals surface area contributed by atoms with Gasteiger partial charge in [0, 0.05) is 5.56 Å². The van der Waals surface area contributed by atoms with Crippen LogP contribution in [0.4, 0.5) is 8.78 Å². The van der Waals surface area contributed by atoms with Gasteiger partial charge >= 0.3 is 0 Å². The van der Waals surface area contributed by atoms with Crippen molar-refractivity contribution in [1.82, 2.24) is 0 Å². The zero-order valence-electron chi connectivity index (χ0n) is 6.16. The molecule has 1 aromatic carbocycles. The lowest BCUT2D eigenvalue weighted by Crippen LogP contribution is -1.94. The molecule has 0 N–H and O–H groups in total. The standard InChI is InChI=1S/C8H4ClF2N/c1-4-5(3-12)7(10)2-6(9)8(4)11/h2H,1H3. The van der Waals surface area contributed by atoms with Crippen molar-refractivity contribution >= 4 is 11.6 Å². The molecule has 0 atom stereocenters. The van der Waals surface area contributed by atoms with Crippen molar-refractivity contribution in [1.29, 1.82) is 5.26 Å². The van der Waals surface area contributed by atoms with Crippen LogP contribution in [0.2, 0.25) is 5.02 Å². The Morgan fingerprint density at radius 2 is 2.08 bits per heavy atom. The van der Waals surface area contributed by atoms with Gasteiger partial charge in [-0.2, -0.15) is 5.26 Å². The maximum atomic E-state index is 12.9. The molecular weight excluding hydrogens is 184 g/mol. The smallest absolute Gasteiger partial charge is 0.146 e. The molecule has 4 heteroatoms. The molecule has 12 heavy (non-hydrogen) atoms. The first-order valence-corrected chi connectivity index (χ1v) is 3.50. The molecule has 0 amide bonds. The summed E-state index contributed by atoms with van der Waals surface area (Å²) in [5.74, 6) is -1.53. The molecule has 0 saturated carbocycles. The fourth-order valence-electron chi connectivity index (χ4n) is 0.852. The third kappa shape index (κ3) is 1.26. The molecule has 0 bridgehead atoms. The Bertz CT molecular complexity index is 368. The second-order valence-electron chi connectivity index (χ2n) is 2.27. The van der Waals surface area contributed by atoms with E-state index in [1.54, 1.807) is 6.07 Å². The second-order valence-corrected chi connectivity index (χ2v) is 2.67. The Morgan fingerprint density at radius 1 is 1.50 bits per heavy atom. The van der Waals surface area contributed by atoms with Crippen molar-refractivity contribution in [3.63, 3.8) is 0 Å². The van der Waals surface area contributed by atoms with Gasteiger partial charge < -0.3 is 0 Å². The average Bonchev–Trinajstić information content (AvgIpc) is 2.01. The fraction of sp³-hybridized carbons (Fsp3) is 0.125. The van der Waals surface area contributed by atoms with E-state index < -0.39 is 11.6 Å². The summed E-state index contributed by atoms with van der Waals surface area (Å²) in [5.41, 5.74) is -0.348. The van der Waals surface area contributed by atoms with E-state index in [-0.39, 0.29) is 16.1 Å². The topological polar surface area (TPSA) is 23.8 Å². The highest BCUT2D eigenvalue weighted by Gasteiger charge is 2.13. The Balaban J connectivity index is 3.54. The minimum absolute atomic E-state index is 0.0532. The summed E-state index contributed by atoms with van der Waals surface area (Å²) in [6.45, 7) is 1.31. The molecule has 0 radical (unpaired) electrons. The van der Waals surface area contributed by atoms with Crippen LogP contribution in [-0.4, -0.2) is 0 Å². The van der Waals surface area contributed by atoms with Crippen LogP contribution in [-0.2, 0) is 0 Å². The van der Waals surface area contributed by atoms with E-state index in [2.05, 4.69) is 0 Å². The Labute approximate surface area is 73.2 Å². The normalized spacial score (nSPS) is 9.58. The number of nitrogens with zero attached hydrogens (tertiary/aromatic N) is 1.